The Hall–Kier alpha value is -0.610. The van der Waals surface area contributed by atoms with Gasteiger partial charge in [0.25, 0.3) is 5.56 Å². The Morgan fingerprint density at radius 1 is 1.44 bits per heavy atom. The molecule has 0 fully saturated rings. The molecule has 0 saturated heterocycles. The summed E-state index contributed by atoms with van der Waals surface area (Å²) in [5.74, 6) is 0. The Kier molecular flexibility index (Phi) is 5.77. The van der Waals surface area contributed by atoms with E-state index < -0.39 is 0 Å². The fourth-order valence-electron chi connectivity index (χ4n) is 1.48. The van der Waals surface area contributed by atoms with E-state index in [0.717, 1.165) is 25.9 Å². The number of aromatic nitrogens is 1. The molecular formula is C12H19BrN2O. The summed E-state index contributed by atoms with van der Waals surface area (Å²) in [6.07, 6.45) is 3.95. The molecule has 16 heavy (non-hydrogen) atoms. The zero-order chi connectivity index (χ0) is 12.0. The van der Waals surface area contributed by atoms with Crippen LogP contribution in [0.1, 0.15) is 26.7 Å². The second kappa shape index (κ2) is 6.86. The summed E-state index contributed by atoms with van der Waals surface area (Å²) < 4.78 is 2.38. The van der Waals surface area contributed by atoms with Crippen molar-refractivity contribution in [3.05, 3.63) is 33.2 Å². The van der Waals surface area contributed by atoms with Crippen molar-refractivity contribution in [1.29, 1.82) is 0 Å². The van der Waals surface area contributed by atoms with Gasteiger partial charge in [0.1, 0.15) is 0 Å². The summed E-state index contributed by atoms with van der Waals surface area (Å²) in [6.45, 7) is 6.08. The number of halogens is 1. The van der Waals surface area contributed by atoms with Crippen LogP contribution in [-0.2, 0) is 6.54 Å². The predicted molar refractivity (Wildman–Crippen MR) is 70.8 cm³/mol. The van der Waals surface area contributed by atoms with Crippen LogP contribution < -0.4 is 10.9 Å². The summed E-state index contributed by atoms with van der Waals surface area (Å²) in [7, 11) is 0. The molecule has 4 heteroatoms. The number of unbranched alkanes of at least 4 members (excludes halogenated alkanes) is 1. The van der Waals surface area contributed by atoms with E-state index in [0.29, 0.717) is 10.5 Å². The SMILES string of the molecule is CC(C)NCCCCn1cccc(Br)c1=O. The standard InChI is InChI=1S/C12H19BrN2O/c1-10(2)14-7-3-4-8-15-9-5-6-11(13)12(15)16/h5-6,9-10,14H,3-4,7-8H2,1-2H3. The van der Waals surface area contributed by atoms with Gasteiger partial charge < -0.3 is 9.88 Å². The van der Waals surface area contributed by atoms with Crippen LogP contribution in [0.15, 0.2) is 27.6 Å². The van der Waals surface area contributed by atoms with Crippen molar-refractivity contribution in [2.45, 2.75) is 39.3 Å². The molecule has 0 amide bonds. The van der Waals surface area contributed by atoms with Crippen LogP contribution in [0, 0.1) is 0 Å². The number of rotatable bonds is 6. The molecule has 0 bridgehead atoms. The molecule has 0 aliphatic carbocycles. The minimum absolute atomic E-state index is 0.0549. The molecule has 3 nitrogen and oxygen atoms in total. The largest absolute Gasteiger partial charge is 0.315 e. The van der Waals surface area contributed by atoms with Crippen LogP contribution in [-0.4, -0.2) is 17.2 Å². The van der Waals surface area contributed by atoms with E-state index in [-0.39, 0.29) is 5.56 Å². The highest BCUT2D eigenvalue weighted by molar-refractivity contribution is 9.10. The van der Waals surface area contributed by atoms with Crippen molar-refractivity contribution in [2.24, 2.45) is 0 Å². The van der Waals surface area contributed by atoms with Gasteiger partial charge in [-0.2, -0.15) is 0 Å². The van der Waals surface area contributed by atoms with Crippen LogP contribution in [0.25, 0.3) is 0 Å². The van der Waals surface area contributed by atoms with Crippen molar-refractivity contribution in [2.75, 3.05) is 6.54 Å². The molecule has 0 radical (unpaired) electrons. The van der Waals surface area contributed by atoms with Crippen molar-refractivity contribution >= 4 is 15.9 Å². The smallest absolute Gasteiger partial charge is 0.264 e. The third-order valence-corrected chi connectivity index (χ3v) is 2.96. The lowest BCUT2D eigenvalue weighted by atomic mass is 10.3. The highest BCUT2D eigenvalue weighted by Crippen LogP contribution is 2.01. The average molecular weight is 287 g/mol. The maximum Gasteiger partial charge on any atom is 0.264 e. The zero-order valence-corrected chi connectivity index (χ0v) is 11.5. The number of pyridine rings is 1. The summed E-state index contributed by atoms with van der Waals surface area (Å²) in [4.78, 5) is 11.6. The number of aryl methyl sites for hydroxylation is 1. The van der Waals surface area contributed by atoms with Crippen molar-refractivity contribution < 1.29 is 0 Å². The van der Waals surface area contributed by atoms with Crippen LogP contribution in [0.3, 0.4) is 0 Å². The first kappa shape index (κ1) is 13.5. The molecule has 0 saturated carbocycles. The molecule has 0 aromatic carbocycles. The minimum Gasteiger partial charge on any atom is -0.315 e. The van der Waals surface area contributed by atoms with Crippen LogP contribution >= 0.6 is 15.9 Å². The molecule has 0 aliphatic heterocycles. The summed E-state index contributed by atoms with van der Waals surface area (Å²) >= 11 is 3.24. The van der Waals surface area contributed by atoms with E-state index in [1.54, 1.807) is 10.6 Å². The van der Waals surface area contributed by atoms with Gasteiger partial charge in [-0.25, -0.2) is 0 Å². The number of nitrogens with one attached hydrogen (secondary N) is 1. The quantitative estimate of drug-likeness (QED) is 0.815. The predicted octanol–water partition coefficient (Wildman–Crippen LogP) is 2.39. The fraction of sp³-hybridized carbons (Fsp3) is 0.583. The molecule has 0 atom stereocenters. The first-order chi connectivity index (χ1) is 7.61. The van der Waals surface area contributed by atoms with E-state index in [9.17, 15) is 4.79 Å². The van der Waals surface area contributed by atoms with E-state index >= 15 is 0 Å². The number of nitrogens with zero attached hydrogens (tertiary/aromatic N) is 1. The Morgan fingerprint density at radius 3 is 2.88 bits per heavy atom. The Morgan fingerprint density at radius 2 is 2.19 bits per heavy atom. The number of hydrogen-bond donors (Lipinski definition) is 1. The molecule has 0 spiro atoms. The minimum atomic E-state index is 0.0549. The molecular weight excluding hydrogens is 268 g/mol. The van der Waals surface area contributed by atoms with E-state index in [2.05, 4.69) is 35.1 Å². The molecule has 1 N–H and O–H groups in total. The second-order valence-electron chi connectivity index (χ2n) is 4.17. The van der Waals surface area contributed by atoms with Gasteiger partial charge in [-0.05, 0) is 47.4 Å². The van der Waals surface area contributed by atoms with Gasteiger partial charge in [-0.3, -0.25) is 4.79 Å². The molecule has 90 valence electrons. The third kappa shape index (κ3) is 4.49. The van der Waals surface area contributed by atoms with Crippen LogP contribution in [0.2, 0.25) is 0 Å². The van der Waals surface area contributed by atoms with E-state index in [1.807, 2.05) is 12.3 Å². The van der Waals surface area contributed by atoms with Crippen LogP contribution in [0.4, 0.5) is 0 Å². The second-order valence-corrected chi connectivity index (χ2v) is 5.02. The lowest BCUT2D eigenvalue weighted by Crippen LogP contribution is -2.24. The first-order valence-corrected chi connectivity index (χ1v) is 6.49. The van der Waals surface area contributed by atoms with Gasteiger partial charge in [0.15, 0.2) is 0 Å². The molecule has 1 rings (SSSR count). The molecule has 1 heterocycles. The third-order valence-electron chi connectivity index (χ3n) is 2.35. The summed E-state index contributed by atoms with van der Waals surface area (Å²) in [5.41, 5.74) is 0.0549. The highest BCUT2D eigenvalue weighted by Gasteiger charge is 1.99. The van der Waals surface area contributed by atoms with E-state index in [4.69, 9.17) is 0 Å². The van der Waals surface area contributed by atoms with Crippen LogP contribution in [0.5, 0.6) is 0 Å². The first-order valence-electron chi connectivity index (χ1n) is 5.69. The van der Waals surface area contributed by atoms with Gasteiger partial charge in [0.05, 0.1) is 4.47 Å². The summed E-state index contributed by atoms with van der Waals surface area (Å²) in [6, 6.07) is 4.20. The molecule has 1 aromatic rings. The van der Waals surface area contributed by atoms with Crippen molar-refractivity contribution in [3.63, 3.8) is 0 Å². The Bertz CT molecular complexity index is 374. The van der Waals surface area contributed by atoms with Crippen molar-refractivity contribution in [1.82, 2.24) is 9.88 Å². The van der Waals surface area contributed by atoms with Gasteiger partial charge in [0, 0.05) is 18.8 Å². The van der Waals surface area contributed by atoms with Gasteiger partial charge in [0.2, 0.25) is 0 Å². The number of hydrogen-bond acceptors (Lipinski definition) is 2. The Labute approximate surface area is 105 Å². The zero-order valence-electron chi connectivity index (χ0n) is 9.87. The normalized spacial score (nSPS) is 11.0. The van der Waals surface area contributed by atoms with E-state index in [1.165, 1.54) is 0 Å². The van der Waals surface area contributed by atoms with Gasteiger partial charge >= 0.3 is 0 Å². The molecule has 0 unspecified atom stereocenters. The molecule has 1 aromatic heterocycles. The lowest BCUT2D eigenvalue weighted by molar-refractivity contribution is 0.526. The highest BCUT2D eigenvalue weighted by atomic mass is 79.9. The maximum atomic E-state index is 11.6. The lowest BCUT2D eigenvalue weighted by Gasteiger charge is -2.08. The van der Waals surface area contributed by atoms with Crippen molar-refractivity contribution in [3.8, 4) is 0 Å². The fourth-order valence-corrected chi connectivity index (χ4v) is 1.86. The molecule has 0 aliphatic rings. The maximum absolute atomic E-state index is 11.6. The summed E-state index contributed by atoms with van der Waals surface area (Å²) in [5, 5.41) is 3.36. The Balaban J connectivity index is 2.32. The van der Waals surface area contributed by atoms with Gasteiger partial charge in [-0.1, -0.05) is 13.8 Å². The van der Waals surface area contributed by atoms with Gasteiger partial charge in [-0.15, -0.1) is 0 Å². The monoisotopic (exact) mass is 286 g/mol. The average Bonchev–Trinajstić information content (AvgIpc) is 2.23. The topological polar surface area (TPSA) is 34.0 Å².